The first kappa shape index (κ1) is 27.8. The number of likely N-dealkylation sites (tertiary alicyclic amines) is 1. The fourth-order valence-corrected chi connectivity index (χ4v) is 5.73. The van der Waals surface area contributed by atoms with Gasteiger partial charge in [-0.25, -0.2) is 13.8 Å². The lowest BCUT2D eigenvalue weighted by Gasteiger charge is -2.43. The largest absolute Gasteiger partial charge is 0.353 e. The number of pyridine rings is 1. The van der Waals surface area contributed by atoms with Crippen LogP contribution < -0.4 is 10.2 Å². The summed E-state index contributed by atoms with van der Waals surface area (Å²) < 4.78 is 26.9. The maximum Gasteiger partial charge on any atom is 0.253 e. The van der Waals surface area contributed by atoms with Gasteiger partial charge >= 0.3 is 0 Å². The molecule has 39 heavy (non-hydrogen) atoms. The Kier molecular flexibility index (Phi) is 8.97. The van der Waals surface area contributed by atoms with Gasteiger partial charge in [-0.05, 0) is 55.8 Å². The van der Waals surface area contributed by atoms with Gasteiger partial charge in [0.25, 0.3) is 5.91 Å². The molecule has 2 aromatic carbocycles. The minimum Gasteiger partial charge on any atom is -0.353 e. The first-order chi connectivity index (χ1) is 18.9. The average Bonchev–Trinajstić information content (AvgIpc) is 2.94. The molecule has 10 heteroatoms. The number of halogens is 4. The fourth-order valence-electron chi connectivity index (χ4n) is 5.32. The van der Waals surface area contributed by atoms with E-state index in [0.717, 1.165) is 75.8 Å². The number of amides is 1. The van der Waals surface area contributed by atoms with E-state index in [1.807, 2.05) is 12.1 Å². The van der Waals surface area contributed by atoms with Gasteiger partial charge in [-0.15, -0.1) is 0 Å². The second-order valence-electron chi connectivity index (χ2n) is 10.1. The summed E-state index contributed by atoms with van der Waals surface area (Å²) in [5.74, 6) is -1.13. The van der Waals surface area contributed by atoms with Crippen molar-refractivity contribution in [3.8, 4) is 0 Å². The Bertz CT molecular complexity index is 1300. The molecule has 0 aliphatic carbocycles. The van der Waals surface area contributed by atoms with Gasteiger partial charge in [0.05, 0.1) is 10.6 Å². The van der Waals surface area contributed by atoms with Crippen LogP contribution in [0.25, 0.3) is 0 Å². The van der Waals surface area contributed by atoms with Crippen molar-refractivity contribution in [2.45, 2.75) is 32.0 Å². The van der Waals surface area contributed by atoms with E-state index in [1.165, 1.54) is 17.8 Å². The quantitative estimate of drug-likeness (QED) is 0.395. The van der Waals surface area contributed by atoms with Crippen LogP contribution in [0.4, 0.5) is 14.6 Å². The maximum absolute atomic E-state index is 13.8. The van der Waals surface area contributed by atoms with Gasteiger partial charge in [-0.3, -0.25) is 14.6 Å². The second kappa shape index (κ2) is 12.6. The highest BCUT2D eigenvalue weighted by atomic mass is 35.5. The highest BCUT2D eigenvalue weighted by Gasteiger charge is 2.28. The molecule has 2 aliphatic heterocycles. The van der Waals surface area contributed by atoms with E-state index in [1.54, 1.807) is 6.07 Å². The molecule has 0 spiro atoms. The van der Waals surface area contributed by atoms with Crippen LogP contribution in [0, 0.1) is 11.6 Å². The Morgan fingerprint density at radius 2 is 1.69 bits per heavy atom. The van der Waals surface area contributed by atoms with Crippen molar-refractivity contribution in [3.05, 3.63) is 93.1 Å². The summed E-state index contributed by atoms with van der Waals surface area (Å²) in [6, 6.07) is 13.5. The van der Waals surface area contributed by atoms with Gasteiger partial charge in [0, 0.05) is 69.6 Å². The van der Waals surface area contributed by atoms with Crippen LogP contribution in [0.2, 0.25) is 10.0 Å². The molecule has 1 amide bonds. The first-order valence-electron chi connectivity index (χ1n) is 13.2. The lowest BCUT2D eigenvalue weighted by Crippen LogP contribution is -2.53. The summed E-state index contributed by atoms with van der Waals surface area (Å²) in [6.45, 7) is 6.55. The average molecular weight is 577 g/mol. The summed E-state index contributed by atoms with van der Waals surface area (Å²) >= 11 is 12.5. The van der Waals surface area contributed by atoms with Crippen molar-refractivity contribution in [1.29, 1.82) is 0 Å². The summed E-state index contributed by atoms with van der Waals surface area (Å²) in [4.78, 5) is 24.3. The van der Waals surface area contributed by atoms with Crippen molar-refractivity contribution in [1.82, 2.24) is 20.1 Å². The number of benzene rings is 2. The Morgan fingerprint density at radius 3 is 2.36 bits per heavy atom. The number of hydrogen-bond donors (Lipinski definition) is 1. The van der Waals surface area contributed by atoms with Gasteiger partial charge in [-0.1, -0.05) is 41.4 Å². The van der Waals surface area contributed by atoms with Gasteiger partial charge in [-0.2, -0.15) is 0 Å². The molecule has 2 fully saturated rings. The molecule has 208 valence electrons. The SMILES string of the molecule is O=C(NCc1ccc(F)cc1F)c1cnc(N2CCN(C3CCN(Cc4ccc(Cl)cc4)CC3)CC2)c(Cl)c1.[HH]. The lowest BCUT2D eigenvalue weighted by molar-refractivity contribution is 0.0950. The second-order valence-corrected chi connectivity index (χ2v) is 10.9. The zero-order chi connectivity index (χ0) is 27.4. The highest BCUT2D eigenvalue weighted by molar-refractivity contribution is 6.33. The zero-order valence-corrected chi connectivity index (χ0v) is 23.1. The Labute approximate surface area is 239 Å². The molecule has 2 aliphatic rings. The van der Waals surface area contributed by atoms with Crippen LogP contribution in [0.15, 0.2) is 54.7 Å². The molecule has 6 nitrogen and oxygen atoms in total. The van der Waals surface area contributed by atoms with Crippen LogP contribution in [0.3, 0.4) is 0 Å². The standard InChI is InChI=1S/C29H31Cl2F2N5O.H2/c30-23-4-1-20(2-5-23)19-36-9-7-25(8-10-36)37-11-13-38(14-12-37)28-26(31)15-22(18-34-28)29(39)35-17-21-3-6-24(32)16-27(21)33;/h1-6,15-16,18,25H,7-14,17,19H2,(H,35,39);1H. The van der Waals surface area contributed by atoms with E-state index in [9.17, 15) is 13.6 Å². The van der Waals surface area contributed by atoms with E-state index in [2.05, 4.69) is 37.1 Å². The van der Waals surface area contributed by atoms with Gasteiger partial charge < -0.3 is 10.2 Å². The van der Waals surface area contributed by atoms with Crippen molar-refractivity contribution < 1.29 is 15.0 Å². The molecule has 0 saturated carbocycles. The number of rotatable bonds is 7. The van der Waals surface area contributed by atoms with Crippen LogP contribution >= 0.6 is 23.2 Å². The molecule has 3 aromatic rings. The monoisotopic (exact) mass is 575 g/mol. The maximum atomic E-state index is 13.8. The molecule has 0 atom stereocenters. The molecule has 0 radical (unpaired) electrons. The van der Waals surface area contributed by atoms with E-state index < -0.39 is 17.5 Å². The number of anilines is 1. The van der Waals surface area contributed by atoms with Crippen molar-refractivity contribution >= 4 is 34.9 Å². The molecule has 2 saturated heterocycles. The summed E-state index contributed by atoms with van der Waals surface area (Å²) in [6.07, 6.45) is 3.79. The van der Waals surface area contributed by atoms with Crippen molar-refractivity contribution in [2.24, 2.45) is 0 Å². The number of piperazine rings is 1. The predicted molar refractivity (Wildman–Crippen MR) is 152 cm³/mol. The number of carbonyl (C=O) groups is 1. The van der Waals surface area contributed by atoms with Crippen LogP contribution in [-0.2, 0) is 13.1 Å². The fraction of sp³-hybridized carbons (Fsp3) is 0.379. The molecule has 0 unspecified atom stereocenters. The Hall–Kier alpha value is -2.78. The molecule has 0 bridgehead atoms. The van der Waals surface area contributed by atoms with E-state index in [-0.39, 0.29) is 19.1 Å². The number of nitrogens with one attached hydrogen (secondary N) is 1. The molecule has 3 heterocycles. The Balaban J connectivity index is 0.00000370. The smallest absolute Gasteiger partial charge is 0.253 e. The predicted octanol–water partition coefficient (Wildman–Crippen LogP) is 5.63. The van der Waals surface area contributed by atoms with Crippen LogP contribution in [0.1, 0.15) is 35.8 Å². The molecular formula is C29H33Cl2F2N5O. The third-order valence-electron chi connectivity index (χ3n) is 7.55. The number of piperidine rings is 1. The number of nitrogens with zero attached hydrogens (tertiary/aromatic N) is 4. The summed E-state index contributed by atoms with van der Waals surface area (Å²) in [5, 5.41) is 3.81. The van der Waals surface area contributed by atoms with Crippen molar-refractivity contribution in [2.75, 3.05) is 44.2 Å². The minimum atomic E-state index is -0.704. The normalized spacial score (nSPS) is 17.4. The number of aromatic nitrogens is 1. The number of hydrogen-bond acceptors (Lipinski definition) is 5. The number of carbonyl (C=O) groups excluding carboxylic acids is 1. The minimum absolute atomic E-state index is 0. The third-order valence-corrected chi connectivity index (χ3v) is 8.08. The zero-order valence-electron chi connectivity index (χ0n) is 21.6. The third kappa shape index (κ3) is 7.06. The molecule has 1 N–H and O–H groups in total. The molecule has 5 rings (SSSR count). The van der Waals surface area contributed by atoms with E-state index >= 15 is 0 Å². The van der Waals surface area contributed by atoms with Crippen molar-refractivity contribution in [3.63, 3.8) is 0 Å². The van der Waals surface area contributed by atoms with E-state index in [4.69, 9.17) is 23.2 Å². The topological polar surface area (TPSA) is 51.7 Å². The summed E-state index contributed by atoms with van der Waals surface area (Å²) in [7, 11) is 0. The van der Waals surface area contributed by atoms with Crippen LogP contribution in [-0.4, -0.2) is 66.0 Å². The first-order valence-corrected chi connectivity index (χ1v) is 13.9. The molecular weight excluding hydrogens is 543 g/mol. The van der Waals surface area contributed by atoms with Gasteiger partial charge in [0.2, 0.25) is 0 Å². The lowest BCUT2D eigenvalue weighted by atomic mass is 10.0. The highest BCUT2D eigenvalue weighted by Crippen LogP contribution is 2.27. The summed E-state index contributed by atoms with van der Waals surface area (Å²) in [5.41, 5.74) is 1.78. The van der Waals surface area contributed by atoms with Gasteiger partial charge in [0.15, 0.2) is 0 Å². The Morgan fingerprint density at radius 1 is 0.974 bits per heavy atom. The van der Waals surface area contributed by atoms with Crippen LogP contribution in [0.5, 0.6) is 0 Å². The van der Waals surface area contributed by atoms with E-state index in [0.29, 0.717) is 16.9 Å². The molecule has 1 aromatic heterocycles. The van der Waals surface area contributed by atoms with Gasteiger partial charge in [0.1, 0.15) is 17.5 Å².